The molecule has 0 aromatic rings. The number of carbonyl (C=O) groups excluding carboxylic acids is 1. The zero-order chi connectivity index (χ0) is 12.2. The van der Waals surface area contributed by atoms with E-state index < -0.39 is 17.4 Å². The number of hydrogen-bond acceptors (Lipinski definition) is 3. The minimum Gasteiger partial charge on any atom is -0.480 e. The molecule has 3 N–H and O–H groups in total. The first kappa shape index (κ1) is 13.0. The van der Waals surface area contributed by atoms with Crippen molar-refractivity contribution in [3.63, 3.8) is 0 Å². The van der Waals surface area contributed by atoms with E-state index in [1.165, 1.54) is 0 Å². The van der Waals surface area contributed by atoms with Crippen LogP contribution >= 0.6 is 0 Å². The summed E-state index contributed by atoms with van der Waals surface area (Å²) in [4.78, 5) is 22.9. The Morgan fingerprint density at radius 1 is 1.50 bits per heavy atom. The van der Waals surface area contributed by atoms with E-state index >= 15 is 0 Å². The average molecular weight is 228 g/mol. The van der Waals surface area contributed by atoms with E-state index in [-0.39, 0.29) is 5.91 Å². The highest BCUT2D eigenvalue weighted by molar-refractivity contribution is 5.87. The van der Waals surface area contributed by atoms with Crippen LogP contribution in [0.4, 0.5) is 0 Å². The Morgan fingerprint density at radius 2 is 2.19 bits per heavy atom. The summed E-state index contributed by atoms with van der Waals surface area (Å²) in [5.74, 6) is -1.10. The van der Waals surface area contributed by atoms with Crippen LogP contribution in [0.2, 0.25) is 0 Å². The van der Waals surface area contributed by atoms with E-state index in [4.69, 9.17) is 5.11 Å². The lowest BCUT2D eigenvalue weighted by Crippen LogP contribution is -2.49. The topological polar surface area (TPSA) is 78.4 Å². The maximum Gasteiger partial charge on any atom is 0.326 e. The molecule has 1 saturated heterocycles. The Morgan fingerprint density at radius 3 is 2.56 bits per heavy atom. The number of carbonyl (C=O) groups is 2. The van der Waals surface area contributed by atoms with Gasteiger partial charge in [0, 0.05) is 6.54 Å². The summed E-state index contributed by atoms with van der Waals surface area (Å²) in [5, 5.41) is 14.7. The smallest absolute Gasteiger partial charge is 0.326 e. The molecule has 1 rings (SSSR count). The predicted molar refractivity (Wildman–Crippen MR) is 60.1 cm³/mol. The van der Waals surface area contributed by atoms with Crippen molar-refractivity contribution in [3.8, 4) is 0 Å². The van der Waals surface area contributed by atoms with Crippen LogP contribution in [0.3, 0.4) is 0 Å². The van der Waals surface area contributed by atoms with Crippen LogP contribution in [0, 0.1) is 5.41 Å². The van der Waals surface area contributed by atoms with Gasteiger partial charge in [-0.1, -0.05) is 13.8 Å². The first-order valence-corrected chi connectivity index (χ1v) is 5.80. The van der Waals surface area contributed by atoms with Gasteiger partial charge in [-0.2, -0.15) is 0 Å². The summed E-state index contributed by atoms with van der Waals surface area (Å²) in [7, 11) is 0. The largest absolute Gasteiger partial charge is 0.480 e. The average Bonchev–Trinajstić information content (AvgIpc) is 2.74. The van der Waals surface area contributed by atoms with Crippen molar-refractivity contribution in [1.82, 2.24) is 10.6 Å². The lowest BCUT2D eigenvalue weighted by atomic mass is 9.83. The predicted octanol–water partition coefficient (Wildman–Crippen LogP) is 0.355. The normalized spacial score (nSPS) is 26.4. The van der Waals surface area contributed by atoms with Crippen molar-refractivity contribution < 1.29 is 14.7 Å². The van der Waals surface area contributed by atoms with Crippen molar-refractivity contribution in [2.45, 2.75) is 39.2 Å². The third-order valence-electron chi connectivity index (χ3n) is 3.41. The molecule has 5 nitrogen and oxygen atoms in total. The highest BCUT2D eigenvalue weighted by Gasteiger charge is 2.40. The standard InChI is InChI=1S/C11H20N2O3/c1-3-8(9(14)15)13-10(16)11(4-2)5-6-12-7-11/h8,12H,3-7H2,1-2H3,(H,13,16)(H,14,15)/t8-,11?/m1/s1. The van der Waals surface area contributed by atoms with Crippen LogP contribution in [0.1, 0.15) is 33.1 Å². The molecule has 1 unspecified atom stereocenters. The molecule has 1 amide bonds. The first-order valence-electron chi connectivity index (χ1n) is 5.80. The van der Waals surface area contributed by atoms with E-state index in [1.807, 2.05) is 6.92 Å². The van der Waals surface area contributed by atoms with Crippen molar-refractivity contribution >= 4 is 11.9 Å². The summed E-state index contributed by atoms with van der Waals surface area (Å²) in [6.45, 7) is 5.19. The molecule has 1 aliphatic rings. The molecule has 16 heavy (non-hydrogen) atoms. The van der Waals surface area contributed by atoms with Gasteiger partial charge < -0.3 is 15.7 Å². The fourth-order valence-corrected chi connectivity index (χ4v) is 2.05. The van der Waals surface area contributed by atoms with Gasteiger partial charge in [-0.3, -0.25) is 4.79 Å². The highest BCUT2D eigenvalue weighted by Crippen LogP contribution is 2.29. The number of carboxylic acid groups (broad SMARTS) is 1. The third kappa shape index (κ3) is 2.52. The van der Waals surface area contributed by atoms with E-state index in [0.29, 0.717) is 13.0 Å². The Balaban J connectivity index is 2.65. The quantitative estimate of drug-likeness (QED) is 0.634. The number of carboxylic acids is 1. The number of nitrogens with one attached hydrogen (secondary N) is 2. The number of amides is 1. The molecule has 1 heterocycles. The summed E-state index contributed by atoms with van der Waals surface area (Å²) < 4.78 is 0. The second-order valence-corrected chi connectivity index (χ2v) is 4.33. The highest BCUT2D eigenvalue weighted by atomic mass is 16.4. The molecule has 0 aromatic carbocycles. The van der Waals surface area contributed by atoms with Gasteiger partial charge in [-0.25, -0.2) is 4.79 Å². The SMILES string of the molecule is CC[C@@H](NC(=O)C1(CC)CCNC1)C(=O)O. The number of aliphatic carboxylic acids is 1. The lowest BCUT2D eigenvalue weighted by molar-refractivity contribution is -0.143. The van der Waals surface area contributed by atoms with Crippen LogP contribution < -0.4 is 10.6 Å². The second kappa shape index (κ2) is 5.30. The molecule has 0 bridgehead atoms. The van der Waals surface area contributed by atoms with Crippen LogP contribution in [0.15, 0.2) is 0 Å². The Bertz CT molecular complexity index is 272. The number of hydrogen-bond donors (Lipinski definition) is 3. The molecule has 0 aromatic heterocycles. The molecule has 0 spiro atoms. The van der Waals surface area contributed by atoms with Gasteiger partial charge in [0.1, 0.15) is 6.04 Å². The zero-order valence-corrected chi connectivity index (χ0v) is 9.88. The van der Waals surface area contributed by atoms with Gasteiger partial charge in [-0.15, -0.1) is 0 Å². The Kier molecular flexibility index (Phi) is 4.29. The second-order valence-electron chi connectivity index (χ2n) is 4.33. The van der Waals surface area contributed by atoms with Crippen molar-refractivity contribution in [1.29, 1.82) is 0 Å². The van der Waals surface area contributed by atoms with Crippen molar-refractivity contribution in [3.05, 3.63) is 0 Å². The van der Waals surface area contributed by atoms with Gasteiger partial charge in [0.05, 0.1) is 5.41 Å². The summed E-state index contributed by atoms with van der Waals surface area (Å²) in [6.07, 6.45) is 1.93. The van der Waals surface area contributed by atoms with Gasteiger partial charge in [0.15, 0.2) is 0 Å². The minimum atomic E-state index is -0.965. The van der Waals surface area contributed by atoms with Crippen LogP contribution in [0.5, 0.6) is 0 Å². The van der Waals surface area contributed by atoms with Crippen LogP contribution in [-0.4, -0.2) is 36.1 Å². The van der Waals surface area contributed by atoms with E-state index in [9.17, 15) is 9.59 Å². The van der Waals surface area contributed by atoms with Gasteiger partial charge >= 0.3 is 5.97 Å². The van der Waals surface area contributed by atoms with Crippen molar-refractivity contribution in [2.75, 3.05) is 13.1 Å². The first-order chi connectivity index (χ1) is 7.55. The summed E-state index contributed by atoms with van der Waals surface area (Å²) >= 11 is 0. The lowest BCUT2D eigenvalue weighted by Gasteiger charge is -2.27. The molecule has 0 aliphatic carbocycles. The van der Waals surface area contributed by atoms with Crippen LogP contribution in [-0.2, 0) is 9.59 Å². The zero-order valence-electron chi connectivity index (χ0n) is 9.88. The maximum atomic E-state index is 12.1. The number of rotatable bonds is 5. The summed E-state index contributed by atoms with van der Waals surface area (Å²) in [5.41, 5.74) is -0.414. The molecule has 5 heteroatoms. The van der Waals surface area contributed by atoms with Crippen LogP contribution in [0.25, 0.3) is 0 Å². The molecule has 92 valence electrons. The van der Waals surface area contributed by atoms with Gasteiger partial charge in [0.2, 0.25) is 5.91 Å². The van der Waals surface area contributed by atoms with Gasteiger partial charge in [0.25, 0.3) is 0 Å². The fourth-order valence-electron chi connectivity index (χ4n) is 2.05. The maximum absolute atomic E-state index is 12.1. The van der Waals surface area contributed by atoms with E-state index in [2.05, 4.69) is 10.6 Å². The monoisotopic (exact) mass is 228 g/mol. The molecule has 0 saturated carbocycles. The fraction of sp³-hybridized carbons (Fsp3) is 0.818. The Hall–Kier alpha value is -1.10. The third-order valence-corrected chi connectivity index (χ3v) is 3.41. The molecule has 1 aliphatic heterocycles. The molecule has 0 radical (unpaired) electrons. The molecular formula is C11H20N2O3. The van der Waals surface area contributed by atoms with Gasteiger partial charge in [-0.05, 0) is 25.8 Å². The Labute approximate surface area is 95.6 Å². The summed E-state index contributed by atoms with van der Waals surface area (Å²) in [6, 6.07) is -0.767. The molecule has 1 fully saturated rings. The van der Waals surface area contributed by atoms with E-state index in [1.54, 1.807) is 6.92 Å². The minimum absolute atomic E-state index is 0.130. The molecular weight excluding hydrogens is 208 g/mol. The molecule has 2 atom stereocenters. The van der Waals surface area contributed by atoms with Crippen molar-refractivity contribution in [2.24, 2.45) is 5.41 Å². The van der Waals surface area contributed by atoms with E-state index in [0.717, 1.165) is 19.4 Å².